The van der Waals surface area contributed by atoms with Gasteiger partial charge in [-0.2, -0.15) is 0 Å². The minimum atomic E-state index is -0.152. The lowest BCUT2D eigenvalue weighted by atomic mass is 10.1. The number of benzene rings is 2. The van der Waals surface area contributed by atoms with Gasteiger partial charge in [0.05, 0.1) is 16.8 Å². The molecule has 4 aromatic rings. The van der Waals surface area contributed by atoms with Crippen LogP contribution in [0.4, 0.5) is 5.13 Å². The normalized spacial score (nSPS) is 12.6. The number of fused-ring (bicyclic) bond motifs is 2. The number of aryl methyl sites for hydroxylation is 2. The molecule has 0 aliphatic carbocycles. The number of thiazole rings is 1. The van der Waals surface area contributed by atoms with E-state index in [0.717, 1.165) is 32.5 Å². The molecule has 1 aliphatic heterocycles. The van der Waals surface area contributed by atoms with Crippen LogP contribution >= 0.6 is 11.3 Å². The van der Waals surface area contributed by atoms with Crippen LogP contribution in [0.15, 0.2) is 60.9 Å². The molecule has 1 amide bonds. The Labute approximate surface area is 189 Å². The highest BCUT2D eigenvalue weighted by Gasteiger charge is 2.20. The average molecular weight is 444 g/mol. The van der Waals surface area contributed by atoms with Gasteiger partial charge < -0.3 is 9.47 Å². The maximum Gasteiger partial charge on any atom is 0.253 e. The summed E-state index contributed by atoms with van der Waals surface area (Å²) < 4.78 is 11.9. The van der Waals surface area contributed by atoms with Crippen molar-refractivity contribution in [2.75, 3.05) is 11.7 Å². The van der Waals surface area contributed by atoms with Crippen molar-refractivity contribution in [3.05, 3.63) is 83.2 Å². The number of pyridine rings is 1. The highest BCUT2D eigenvalue weighted by molar-refractivity contribution is 7.22. The molecule has 2 aromatic carbocycles. The third kappa shape index (κ3) is 3.94. The highest BCUT2D eigenvalue weighted by Crippen LogP contribution is 2.35. The molecule has 0 unspecified atom stereocenters. The maximum absolute atomic E-state index is 13.3. The molecule has 7 heteroatoms. The van der Waals surface area contributed by atoms with Crippen molar-refractivity contribution in [1.82, 2.24) is 9.97 Å². The minimum absolute atomic E-state index is 0.152. The summed E-state index contributed by atoms with van der Waals surface area (Å²) in [4.78, 5) is 24.0. The predicted octanol–water partition coefficient (Wildman–Crippen LogP) is 5.28. The Bertz CT molecular complexity index is 1290. The Balaban J connectivity index is 1.49. The third-order valence-corrected chi connectivity index (χ3v) is 6.52. The lowest BCUT2D eigenvalue weighted by Gasteiger charge is -2.18. The van der Waals surface area contributed by atoms with E-state index >= 15 is 0 Å². The molecule has 0 fully saturated rings. The number of hydrogen-bond donors (Lipinski definition) is 0. The fraction of sp³-hybridized carbons (Fsp3) is 0.160. The number of amides is 1. The topological polar surface area (TPSA) is 64.6 Å². The molecule has 6 nitrogen and oxygen atoms in total. The Hall–Kier alpha value is -3.71. The zero-order valence-corrected chi connectivity index (χ0v) is 18.6. The van der Waals surface area contributed by atoms with Gasteiger partial charge in [-0.3, -0.25) is 14.7 Å². The van der Waals surface area contributed by atoms with Crippen LogP contribution in [-0.2, 0) is 11.3 Å². The van der Waals surface area contributed by atoms with Crippen molar-refractivity contribution >= 4 is 38.7 Å². The van der Waals surface area contributed by atoms with E-state index < -0.39 is 0 Å². The molecule has 0 saturated carbocycles. The number of aromatic nitrogens is 2. The van der Waals surface area contributed by atoms with Crippen LogP contribution in [0.2, 0.25) is 0 Å². The summed E-state index contributed by atoms with van der Waals surface area (Å²) in [5.41, 5.74) is 4.98. The van der Waals surface area contributed by atoms with Gasteiger partial charge >= 0.3 is 0 Å². The van der Waals surface area contributed by atoms with Gasteiger partial charge in [0, 0.05) is 18.5 Å². The smallest absolute Gasteiger partial charge is 0.253 e. The Morgan fingerprint density at radius 3 is 2.78 bits per heavy atom. The van der Waals surface area contributed by atoms with E-state index in [2.05, 4.69) is 24.0 Å². The van der Waals surface area contributed by atoms with Crippen molar-refractivity contribution in [2.24, 2.45) is 0 Å². The van der Waals surface area contributed by atoms with Crippen LogP contribution < -0.4 is 14.4 Å². The lowest BCUT2D eigenvalue weighted by molar-refractivity contribution is -0.114. The molecule has 0 N–H and O–H groups in total. The number of rotatable bonds is 5. The summed E-state index contributed by atoms with van der Waals surface area (Å²) >= 11 is 1.53. The summed E-state index contributed by atoms with van der Waals surface area (Å²) in [6.07, 6.45) is 6.84. The second-order valence-corrected chi connectivity index (χ2v) is 8.58. The number of anilines is 1. The van der Waals surface area contributed by atoms with Crippen molar-refractivity contribution in [3.8, 4) is 11.5 Å². The first kappa shape index (κ1) is 20.2. The molecule has 0 bridgehead atoms. The van der Waals surface area contributed by atoms with Gasteiger partial charge in [0.1, 0.15) is 0 Å². The van der Waals surface area contributed by atoms with E-state index in [-0.39, 0.29) is 12.7 Å². The second-order valence-electron chi connectivity index (χ2n) is 7.61. The summed E-state index contributed by atoms with van der Waals surface area (Å²) in [5.74, 6) is 1.25. The van der Waals surface area contributed by atoms with E-state index in [1.54, 1.807) is 29.4 Å². The lowest BCUT2D eigenvalue weighted by Crippen LogP contribution is -2.28. The van der Waals surface area contributed by atoms with Gasteiger partial charge in [0.15, 0.2) is 16.6 Å². The molecule has 0 saturated heterocycles. The first-order valence-electron chi connectivity index (χ1n) is 10.2. The number of carbonyl (C=O) groups is 1. The fourth-order valence-electron chi connectivity index (χ4n) is 3.55. The van der Waals surface area contributed by atoms with Gasteiger partial charge in [-0.15, -0.1) is 0 Å². The van der Waals surface area contributed by atoms with Crippen molar-refractivity contribution in [1.29, 1.82) is 0 Å². The quantitative estimate of drug-likeness (QED) is 0.393. The van der Waals surface area contributed by atoms with Crippen molar-refractivity contribution in [2.45, 2.75) is 20.4 Å². The second kappa shape index (κ2) is 8.43. The predicted molar refractivity (Wildman–Crippen MR) is 126 cm³/mol. The zero-order valence-electron chi connectivity index (χ0n) is 17.7. The average Bonchev–Trinajstić information content (AvgIpc) is 3.46. The Morgan fingerprint density at radius 2 is 1.97 bits per heavy atom. The van der Waals surface area contributed by atoms with E-state index in [1.165, 1.54) is 11.3 Å². The third-order valence-electron chi connectivity index (χ3n) is 5.31. The van der Waals surface area contributed by atoms with Crippen LogP contribution in [0.1, 0.15) is 22.3 Å². The molecule has 0 radical (unpaired) electrons. The highest BCUT2D eigenvalue weighted by atomic mass is 32.1. The number of carbonyl (C=O) groups excluding carboxylic acids is 1. The van der Waals surface area contributed by atoms with E-state index in [1.807, 2.05) is 37.3 Å². The zero-order chi connectivity index (χ0) is 22.1. The summed E-state index contributed by atoms with van der Waals surface area (Å²) in [7, 11) is 0. The minimum Gasteiger partial charge on any atom is -0.454 e. The number of hydrogen-bond acceptors (Lipinski definition) is 6. The first-order chi connectivity index (χ1) is 15.6. The van der Waals surface area contributed by atoms with Crippen LogP contribution in [0, 0.1) is 13.8 Å². The molecular formula is C25H21N3O3S. The summed E-state index contributed by atoms with van der Waals surface area (Å²) in [6, 6.07) is 13.6. The summed E-state index contributed by atoms with van der Waals surface area (Å²) in [5, 5.41) is 0.668. The molecule has 5 rings (SSSR count). The van der Waals surface area contributed by atoms with E-state index in [4.69, 9.17) is 14.5 Å². The van der Waals surface area contributed by atoms with Gasteiger partial charge in [-0.1, -0.05) is 35.6 Å². The monoisotopic (exact) mass is 443 g/mol. The van der Waals surface area contributed by atoms with Crippen molar-refractivity contribution < 1.29 is 14.3 Å². The van der Waals surface area contributed by atoms with Crippen LogP contribution in [-0.4, -0.2) is 22.7 Å². The molecule has 2 aromatic heterocycles. The molecule has 0 atom stereocenters. The number of ether oxygens (including phenoxy) is 2. The molecular weight excluding hydrogens is 422 g/mol. The van der Waals surface area contributed by atoms with Crippen LogP contribution in [0.25, 0.3) is 16.3 Å². The molecule has 3 heterocycles. The van der Waals surface area contributed by atoms with Gasteiger partial charge in [-0.05, 0) is 60.4 Å². The number of nitrogens with zero attached hydrogens (tertiary/aromatic N) is 3. The van der Waals surface area contributed by atoms with Gasteiger partial charge in [-0.25, -0.2) is 4.98 Å². The first-order valence-corrected chi connectivity index (χ1v) is 11.0. The Morgan fingerprint density at radius 1 is 1.12 bits per heavy atom. The van der Waals surface area contributed by atoms with Gasteiger partial charge in [0.25, 0.3) is 5.91 Å². The SMILES string of the molecule is Cc1ccc(C)c2sc(N(Cc3cccnc3)C(=O)/C=C/c3ccc4c(c3)OCO4)nc12. The van der Waals surface area contributed by atoms with Crippen molar-refractivity contribution in [3.63, 3.8) is 0 Å². The van der Waals surface area contributed by atoms with E-state index in [0.29, 0.717) is 23.2 Å². The molecule has 160 valence electrons. The largest absolute Gasteiger partial charge is 0.454 e. The standard InChI is InChI=1S/C25H21N3O3S/c1-16-5-6-17(2)24-23(16)27-25(32-24)28(14-19-4-3-11-26-13-19)22(29)10-8-18-7-9-20-21(12-18)31-15-30-20/h3-13H,14-15H2,1-2H3/b10-8+. The fourth-order valence-corrected chi connectivity index (χ4v) is 4.67. The molecule has 1 aliphatic rings. The van der Waals surface area contributed by atoms with Crippen LogP contribution in [0.5, 0.6) is 11.5 Å². The van der Waals surface area contributed by atoms with E-state index in [9.17, 15) is 4.79 Å². The van der Waals surface area contributed by atoms with Crippen LogP contribution in [0.3, 0.4) is 0 Å². The Kier molecular flexibility index (Phi) is 5.33. The van der Waals surface area contributed by atoms with Gasteiger partial charge in [0.2, 0.25) is 6.79 Å². The summed E-state index contributed by atoms with van der Waals surface area (Å²) in [6.45, 7) is 4.71. The molecule has 32 heavy (non-hydrogen) atoms. The molecule has 0 spiro atoms. The maximum atomic E-state index is 13.3.